The van der Waals surface area contributed by atoms with Crippen molar-refractivity contribution in [1.29, 1.82) is 0 Å². The van der Waals surface area contributed by atoms with Crippen LogP contribution in [0, 0.1) is 6.92 Å². The number of rotatable bonds is 6. The van der Waals surface area contributed by atoms with Crippen molar-refractivity contribution in [3.63, 3.8) is 0 Å². The monoisotopic (exact) mass is 440 g/mol. The highest BCUT2D eigenvalue weighted by Crippen LogP contribution is 2.30. The number of aliphatic hydroxyl groups excluding tert-OH is 1. The molecule has 1 aliphatic rings. The lowest BCUT2D eigenvalue weighted by Crippen LogP contribution is -2.51. The van der Waals surface area contributed by atoms with Crippen molar-refractivity contribution in [3.8, 4) is 0 Å². The van der Waals surface area contributed by atoms with Gasteiger partial charge in [-0.25, -0.2) is 4.98 Å². The number of Topliss-reactive ketones (excluding diaryl/α,β-unsaturated/α-hetero) is 1. The Morgan fingerprint density at radius 2 is 1.70 bits per heavy atom. The van der Waals surface area contributed by atoms with Gasteiger partial charge in [-0.15, -0.1) is 0 Å². The van der Waals surface area contributed by atoms with Crippen molar-refractivity contribution < 1.29 is 9.90 Å². The lowest BCUT2D eigenvalue weighted by atomic mass is 9.92. The molecule has 2 aromatic carbocycles. The van der Waals surface area contributed by atoms with E-state index in [1.54, 1.807) is 12.4 Å². The molecule has 33 heavy (non-hydrogen) atoms. The number of nitrogens with zero attached hydrogens (tertiary/aromatic N) is 3. The quantitative estimate of drug-likeness (QED) is 0.444. The minimum absolute atomic E-state index is 0.259. The number of aromatic amines is 1. The van der Waals surface area contributed by atoms with Gasteiger partial charge in [0, 0.05) is 55.0 Å². The number of aryl methyl sites for hydroxylation is 1. The summed E-state index contributed by atoms with van der Waals surface area (Å²) in [4.78, 5) is 25.6. The van der Waals surface area contributed by atoms with Crippen molar-refractivity contribution in [2.45, 2.75) is 19.1 Å². The number of hydrogen-bond acceptors (Lipinski definition) is 5. The van der Waals surface area contributed by atoms with Gasteiger partial charge in [0.2, 0.25) is 0 Å². The summed E-state index contributed by atoms with van der Waals surface area (Å²) in [6, 6.07) is 21.3. The lowest BCUT2D eigenvalue weighted by Gasteiger charge is -2.41. The smallest absolute Gasteiger partial charge is 0.195 e. The number of aromatic nitrogens is 2. The molecule has 1 aliphatic heterocycles. The Labute approximate surface area is 193 Å². The minimum Gasteiger partial charge on any atom is -0.383 e. The van der Waals surface area contributed by atoms with E-state index in [0.717, 1.165) is 54.0 Å². The van der Waals surface area contributed by atoms with Crippen molar-refractivity contribution in [2.24, 2.45) is 0 Å². The number of anilines is 1. The second kappa shape index (κ2) is 9.17. The predicted molar refractivity (Wildman–Crippen MR) is 131 cm³/mol. The molecule has 1 fully saturated rings. The summed E-state index contributed by atoms with van der Waals surface area (Å²) in [5.41, 5.74) is 3.52. The fraction of sp³-hybridized carbons (Fsp3) is 0.259. The number of piperazine rings is 1. The van der Waals surface area contributed by atoms with Crippen LogP contribution in [0.2, 0.25) is 0 Å². The first-order chi connectivity index (χ1) is 16.1. The molecular weight excluding hydrogens is 412 g/mol. The summed E-state index contributed by atoms with van der Waals surface area (Å²) in [7, 11) is 0. The predicted octanol–water partition coefficient (Wildman–Crippen LogP) is 3.98. The molecule has 6 nitrogen and oxygen atoms in total. The lowest BCUT2D eigenvalue weighted by molar-refractivity contribution is 0.0365. The molecule has 2 atom stereocenters. The molecule has 2 N–H and O–H groups in total. The van der Waals surface area contributed by atoms with Gasteiger partial charge in [-0.2, -0.15) is 0 Å². The average Bonchev–Trinajstić information content (AvgIpc) is 3.30. The summed E-state index contributed by atoms with van der Waals surface area (Å²) in [6.07, 6.45) is 2.34. The third kappa shape index (κ3) is 4.27. The number of benzene rings is 2. The maximum atomic E-state index is 13.5. The van der Waals surface area contributed by atoms with Crippen molar-refractivity contribution in [1.82, 2.24) is 14.9 Å². The van der Waals surface area contributed by atoms with Gasteiger partial charge in [-0.1, -0.05) is 54.1 Å². The van der Waals surface area contributed by atoms with E-state index < -0.39 is 12.1 Å². The number of carbonyl (C=O) groups is 1. The van der Waals surface area contributed by atoms with Gasteiger partial charge in [0.15, 0.2) is 5.78 Å². The second-order valence-corrected chi connectivity index (χ2v) is 8.62. The number of aliphatic hydroxyl groups is 1. The molecule has 6 heteroatoms. The maximum absolute atomic E-state index is 13.5. The highest BCUT2D eigenvalue weighted by atomic mass is 16.3. The molecule has 0 spiro atoms. The van der Waals surface area contributed by atoms with Crippen LogP contribution >= 0.6 is 0 Å². The van der Waals surface area contributed by atoms with Crippen LogP contribution in [-0.2, 0) is 0 Å². The van der Waals surface area contributed by atoms with Gasteiger partial charge in [0.25, 0.3) is 0 Å². The van der Waals surface area contributed by atoms with Gasteiger partial charge < -0.3 is 15.0 Å². The largest absolute Gasteiger partial charge is 0.383 e. The SMILES string of the molecule is Cc1ccc([C@H]([C@H](O)C(=O)c2c[nH]c3ccccc23)N2CCN(c3ccccn3)CC2)cc1. The molecule has 2 aromatic heterocycles. The van der Waals surface area contributed by atoms with Crippen LogP contribution in [-0.4, -0.2) is 58.0 Å². The number of pyridine rings is 1. The molecule has 5 rings (SSSR count). The first-order valence-corrected chi connectivity index (χ1v) is 11.4. The first-order valence-electron chi connectivity index (χ1n) is 11.4. The molecule has 1 saturated heterocycles. The van der Waals surface area contributed by atoms with E-state index in [0.29, 0.717) is 5.56 Å². The molecule has 4 aromatic rings. The third-order valence-corrected chi connectivity index (χ3v) is 6.52. The molecule has 0 radical (unpaired) electrons. The molecular formula is C27H28N4O2. The van der Waals surface area contributed by atoms with Crippen LogP contribution < -0.4 is 4.90 Å². The van der Waals surface area contributed by atoms with Crippen LogP contribution in [0.1, 0.15) is 27.5 Å². The maximum Gasteiger partial charge on any atom is 0.195 e. The zero-order valence-electron chi connectivity index (χ0n) is 18.7. The van der Waals surface area contributed by atoms with Crippen molar-refractivity contribution in [2.75, 3.05) is 31.1 Å². The summed E-state index contributed by atoms with van der Waals surface area (Å²) >= 11 is 0. The zero-order valence-corrected chi connectivity index (χ0v) is 18.7. The number of H-pyrrole nitrogens is 1. The molecule has 0 saturated carbocycles. The van der Waals surface area contributed by atoms with Gasteiger partial charge in [0.1, 0.15) is 11.9 Å². The average molecular weight is 441 g/mol. The number of carbonyl (C=O) groups excluding carboxylic acids is 1. The topological polar surface area (TPSA) is 72.5 Å². The number of hydrogen-bond donors (Lipinski definition) is 2. The standard InChI is InChI=1S/C27H28N4O2/c1-19-9-11-20(12-10-19)25(31-16-14-30(15-17-31)24-8-4-5-13-28-24)27(33)26(32)22-18-29-23-7-3-2-6-21(22)23/h2-13,18,25,27,29,33H,14-17H2,1H3/t25-,27+/m1/s1. The van der Waals surface area contributed by atoms with Crippen LogP contribution in [0.4, 0.5) is 5.82 Å². The fourth-order valence-electron chi connectivity index (χ4n) is 4.70. The summed E-state index contributed by atoms with van der Waals surface area (Å²) < 4.78 is 0. The van der Waals surface area contributed by atoms with Gasteiger partial charge in [-0.05, 0) is 30.7 Å². The van der Waals surface area contributed by atoms with E-state index in [4.69, 9.17) is 0 Å². The van der Waals surface area contributed by atoms with E-state index in [1.807, 2.05) is 73.7 Å². The summed E-state index contributed by atoms with van der Waals surface area (Å²) in [6.45, 7) is 5.07. The summed E-state index contributed by atoms with van der Waals surface area (Å²) in [5, 5.41) is 12.3. The minimum atomic E-state index is -1.17. The van der Waals surface area contributed by atoms with Crippen LogP contribution in [0.15, 0.2) is 79.1 Å². The number of fused-ring (bicyclic) bond motifs is 1. The number of para-hydroxylation sites is 1. The van der Waals surface area contributed by atoms with Gasteiger partial charge >= 0.3 is 0 Å². The van der Waals surface area contributed by atoms with Crippen LogP contribution in [0.3, 0.4) is 0 Å². The molecule has 168 valence electrons. The highest BCUT2D eigenvalue weighted by Gasteiger charge is 2.35. The highest BCUT2D eigenvalue weighted by molar-refractivity contribution is 6.10. The van der Waals surface area contributed by atoms with E-state index in [2.05, 4.69) is 19.8 Å². The van der Waals surface area contributed by atoms with E-state index >= 15 is 0 Å². The van der Waals surface area contributed by atoms with E-state index in [9.17, 15) is 9.90 Å². The van der Waals surface area contributed by atoms with Crippen molar-refractivity contribution in [3.05, 3.63) is 95.8 Å². The molecule has 0 aliphatic carbocycles. The van der Waals surface area contributed by atoms with Crippen LogP contribution in [0.25, 0.3) is 10.9 Å². The summed E-state index contributed by atoms with van der Waals surface area (Å²) in [5.74, 6) is 0.699. The molecule has 0 bridgehead atoms. The number of nitrogens with one attached hydrogen (secondary N) is 1. The van der Waals surface area contributed by atoms with E-state index in [-0.39, 0.29) is 5.78 Å². The third-order valence-electron chi connectivity index (χ3n) is 6.52. The Bertz CT molecular complexity index is 1230. The van der Waals surface area contributed by atoms with Gasteiger partial charge in [0.05, 0.1) is 6.04 Å². The second-order valence-electron chi connectivity index (χ2n) is 8.62. The zero-order chi connectivity index (χ0) is 22.8. The number of ketones is 1. The van der Waals surface area contributed by atoms with E-state index in [1.165, 1.54) is 0 Å². The Morgan fingerprint density at radius 3 is 2.42 bits per heavy atom. The van der Waals surface area contributed by atoms with Gasteiger partial charge in [-0.3, -0.25) is 9.69 Å². The Morgan fingerprint density at radius 1 is 0.970 bits per heavy atom. The molecule has 0 amide bonds. The molecule has 0 unspecified atom stereocenters. The molecule has 3 heterocycles. The van der Waals surface area contributed by atoms with Crippen LogP contribution in [0.5, 0.6) is 0 Å². The Hall–Kier alpha value is -3.48. The Kier molecular flexibility index (Phi) is 5.94. The fourth-order valence-corrected chi connectivity index (χ4v) is 4.70. The first kappa shape index (κ1) is 21.4. The normalized spacial score (nSPS) is 16.6. The van der Waals surface area contributed by atoms with Crippen molar-refractivity contribution >= 4 is 22.5 Å². The Balaban J connectivity index is 1.42.